The van der Waals surface area contributed by atoms with Crippen molar-refractivity contribution < 1.29 is 13.9 Å². The average Bonchev–Trinajstić information content (AvgIpc) is 3.19. The monoisotopic (exact) mass is 405 g/mol. The van der Waals surface area contributed by atoms with Gasteiger partial charge < -0.3 is 14.5 Å². The number of amides is 1. The Hall–Kier alpha value is -2.10. The van der Waals surface area contributed by atoms with Crippen molar-refractivity contribution in [3.05, 3.63) is 40.7 Å². The lowest BCUT2D eigenvalue weighted by Gasteiger charge is -2.36. The molecule has 1 aromatic heterocycles. The summed E-state index contributed by atoms with van der Waals surface area (Å²) in [6, 6.07) is 6.47. The highest BCUT2D eigenvalue weighted by atomic mass is 32.1. The maximum absolute atomic E-state index is 13.0. The number of piperazine rings is 1. The molecule has 1 amide bonds. The first-order valence-electron chi connectivity index (χ1n) is 9.57. The van der Waals surface area contributed by atoms with Crippen LogP contribution in [-0.4, -0.2) is 84.9 Å². The van der Waals surface area contributed by atoms with Gasteiger partial charge in [-0.15, -0.1) is 10.2 Å². The molecular formula is C19H24FN5O2S. The van der Waals surface area contributed by atoms with Crippen LogP contribution < -0.4 is 4.90 Å². The number of halogens is 1. The zero-order valence-electron chi connectivity index (χ0n) is 15.7. The molecule has 9 heteroatoms. The van der Waals surface area contributed by atoms with E-state index in [-0.39, 0.29) is 11.7 Å². The van der Waals surface area contributed by atoms with Crippen LogP contribution in [0.25, 0.3) is 0 Å². The Balaban J connectivity index is 1.27. The molecule has 2 saturated heterocycles. The standard InChI is InChI=1S/C19H24FN5O2S/c20-16-3-1-15(2-4-16)13-17-21-22-19(28-17)25-7-5-24(6-8-25)18(26)14-23-9-11-27-12-10-23/h1-4H,5-14H2. The lowest BCUT2D eigenvalue weighted by molar-refractivity contribution is -0.133. The highest BCUT2D eigenvalue weighted by Gasteiger charge is 2.25. The van der Waals surface area contributed by atoms with Crippen LogP contribution in [0.1, 0.15) is 10.6 Å². The van der Waals surface area contributed by atoms with Gasteiger partial charge in [-0.05, 0) is 17.7 Å². The van der Waals surface area contributed by atoms with Gasteiger partial charge in [0.05, 0.1) is 19.8 Å². The summed E-state index contributed by atoms with van der Waals surface area (Å²) in [6.07, 6.45) is 0.649. The van der Waals surface area contributed by atoms with Crippen molar-refractivity contribution >= 4 is 22.4 Å². The Bertz CT molecular complexity index is 786. The van der Waals surface area contributed by atoms with Gasteiger partial charge in [0, 0.05) is 45.7 Å². The number of ether oxygens (including phenoxy) is 1. The topological polar surface area (TPSA) is 61.8 Å². The van der Waals surface area contributed by atoms with Crippen LogP contribution >= 0.6 is 11.3 Å². The number of nitrogens with zero attached hydrogens (tertiary/aromatic N) is 5. The van der Waals surface area contributed by atoms with Gasteiger partial charge in [0.15, 0.2) is 0 Å². The minimum Gasteiger partial charge on any atom is -0.379 e. The molecule has 28 heavy (non-hydrogen) atoms. The summed E-state index contributed by atoms with van der Waals surface area (Å²) in [5, 5.41) is 10.4. The smallest absolute Gasteiger partial charge is 0.236 e. The highest BCUT2D eigenvalue weighted by molar-refractivity contribution is 7.15. The van der Waals surface area contributed by atoms with E-state index < -0.39 is 0 Å². The summed E-state index contributed by atoms with van der Waals surface area (Å²) in [5.41, 5.74) is 1.02. The highest BCUT2D eigenvalue weighted by Crippen LogP contribution is 2.23. The largest absolute Gasteiger partial charge is 0.379 e. The molecule has 0 bridgehead atoms. The van der Waals surface area contributed by atoms with E-state index in [1.165, 1.54) is 12.1 Å². The first kappa shape index (κ1) is 19.2. The minimum absolute atomic E-state index is 0.191. The van der Waals surface area contributed by atoms with Crippen molar-refractivity contribution in [3.63, 3.8) is 0 Å². The van der Waals surface area contributed by atoms with Gasteiger partial charge in [0.1, 0.15) is 10.8 Å². The number of carbonyl (C=O) groups is 1. The van der Waals surface area contributed by atoms with E-state index in [1.54, 1.807) is 23.5 Å². The molecule has 0 spiro atoms. The third-order valence-corrected chi connectivity index (χ3v) is 6.07. The lowest BCUT2D eigenvalue weighted by atomic mass is 10.2. The number of hydrogen-bond acceptors (Lipinski definition) is 7. The Morgan fingerprint density at radius 1 is 1.04 bits per heavy atom. The van der Waals surface area contributed by atoms with Gasteiger partial charge >= 0.3 is 0 Å². The molecule has 2 aliphatic heterocycles. The van der Waals surface area contributed by atoms with Gasteiger partial charge in [-0.25, -0.2) is 4.39 Å². The number of anilines is 1. The molecule has 4 rings (SSSR count). The Kier molecular flexibility index (Phi) is 6.13. The number of rotatable bonds is 5. The van der Waals surface area contributed by atoms with Gasteiger partial charge in [-0.1, -0.05) is 23.5 Å². The summed E-state index contributed by atoms with van der Waals surface area (Å²) < 4.78 is 18.4. The Morgan fingerprint density at radius 3 is 2.46 bits per heavy atom. The molecular weight excluding hydrogens is 381 g/mol. The SMILES string of the molecule is O=C(CN1CCOCC1)N1CCN(c2nnc(Cc3ccc(F)cc3)s2)CC1. The fourth-order valence-corrected chi connectivity index (χ4v) is 4.34. The fraction of sp³-hybridized carbons (Fsp3) is 0.526. The van der Waals surface area contributed by atoms with E-state index in [9.17, 15) is 9.18 Å². The van der Waals surface area contributed by atoms with Crippen molar-refractivity contribution in [2.45, 2.75) is 6.42 Å². The molecule has 2 aromatic rings. The molecule has 0 radical (unpaired) electrons. The lowest BCUT2D eigenvalue weighted by Crippen LogP contribution is -2.52. The maximum Gasteiger partial charge on any atom is 0.236 e. The van der Waals surface area contributed by atoms with Crippen LogP contribution in [0.3, 0.4) is 0 Å². The van der Waals surface area contributed by atoms with E-state index in [0.29, 0.717) is 39.3 Å². The summed E-state index contributed by atoms with van der Waals surface area (Å²) in [7, 11) is 0. The molecule has 2 fully saturated rings. The summed E-state index contributed by atoms with van der Waals surface area (Å²) in [6.45, 7) is 6.48. The van der Waals surface area contributed by atoms with Crippen LogP contribution in [0, 0.1) is 5.82 Å². The quantitative estimate of drug-likeness (QED) is 0.746. The predicted molar refractivity (Wildman–Crippen MR) is 105 cm³/mol. The normalized spacial score (nSPS) is 18.5. The van der Waals surface area contributed by atoms with Crippen LogP contribution in [0.5, 0.6) is 0 Å². The van der Waals surface area contributed by atoms with Gasteiger partial charge in [0.2, 0.25) is 11.0 Å². The maximum atomic E-state index is 13.0. The molecule has 2 aliphatic rings. The van der Waals surface area contributed by atoms with E-state index in [2.05, 4.69) is 20.0 Å². The number of hydrogen-bond donors (Lipinski definition) is 0. The summed E-state index contributed by atoms with van der Waals surface area (Å²) >= 11 is 1.56. The van der Waals surface area contributed by atoms with Gasteiger partial charge in [0.25, 0.3) is 0 Å². The van der Waals surface area contributed by atoms with E-state index in [0.717, 1.165) is 41.9 Å². The van der Waals surface area contributed by atoms with Crippen molar-refractivity contribution in [3.8, 4) is 0 Å². The first-order chi connectivity index (χ1) is 13.7. The molecule has 0 N–H and O–H groups in total. The zero-order chi connectivity index (χ0) is 19.3. The molecule has 0 unspecified atom stereocenters. The third-order valence-electron chi connectivity index (χ3n) is 5.09. The third kappa shape index (κ3) is 4.84. The Morgan fingerprint density at radius 2 is 1.75 bits per heavy atom. The Labute approximate surface area is 167 Å². The molecule has 150 valence electrons. The second-order valence-electron chi connectivity index (χ2n) is 7.04. The van der Waals surface area contributed by atoms with Gasteiger partial charge in [-0.3, -0.25) is 9.69 Å². The number of benzene rings is 1. The van der Waals surface area contributed by atoms with Crippen molar-refractivity contribution in [1.29, 1.82) is 0 Å². The van der Waals surface area contributed by atoms with Crippen molar-refractivity contribution in [2.24, 2.45) is 0 Å². The fourth-order valence-electron chi connectivity index (χ4n) is 3.42. The number of carbonyl (C=O) groups excluding carboxylic acids is 1. The van der Waals surface area contributed by atoms with Gasteiger partial charge in [-0.2, -0.15) is 0 Å². The zero-order valence-corrected chi connectivity index (χ0v) is 16.5. The molecule has 3 heterocycles. The van der Waals surface area contributed by atoms with E-state index >= 15 is 0 Å². The van der Waals surface area contributed by atoms with Crippen molar-refractivity contribution in [1.82, 2.24) is 20.0 Å². The van der Waals surface area contributed by atoms with E-state index in [4.69, 9.17) is 4.74 Å². The van der Waals surface area contributed by atoms with Crippen LogP contribution in [-0.2, 0) is 16.0 Å². The minimum atomic E-state index is -0.234. The van der Waals surface area contributed by atoms with Crippen LogP contribution in [0.4, 0.5) is 9.52 Å². The summed E-state index contributed by atoms with van der Waals surface area (Å²) in [4.78, 5) is 18.8. The average molecular weight is 405 g/mol. The summed E-state index contributed by atoms with van der Waals surface area (Å²) in [5.74, 6) is -0.0430. The molecule has 1 aromatic carbocycles. The second-order valence-corrected chi connectivity index (χ2v) is 8.08. The second kappa shape index (κ2) is 8.93. The van der Waals surface area contributed by atoms with Crippen molar-refractivity contribution in [2.75, 3.05) is 63.9 Å². The molecule has 0 atom stereocenters. The van der Waals surface area contributed by atoms with Crippen LogP contribution in [0.2, 0.25) is 0 Å². The first-order valence-corrected chi connectivity index (χ1v) is 10.4. The predicted octanol–water partition coefficient (Wildman–Crippen LogP) is 1.25. The molecule has 7 nitrogen and oxygen atoms in total. The van der Waals surface area contributed by atoms with E-state index in [1.807, 2.05) is 4.90 Å². The molecule has 0 aliphatic carbocycles. The number of aromatic nitrogens is 2. The number of morpholine rings is 1. The van der Waals surface area contributed by atoms with Crippen LogP contribution in [0.15, 0.2) is 24.3 Å². The molecule has 0 saturated carbocycles.